The average Bonchev–Trinajstić information content (AvgIpc) is 2.86. The van der Waals surface area contributed by atoms with Crippen molar-refractivity contribution in [2.24, 2.45) is 17.8 Å². The third kappa shape index (κ3) is 6.81. The number of aliphatic carboxylic acids is 1. The van der Waals surface area contributed by atoms with E-state index in [-0.39, 0.29) is 24.4 Å². The minimum atomic E-state index is -0.747. The molecular weight excluding hydrogens is 404 g/mol. The second kappa shape index (κ2) is 11.3. The lowest BCUT2D eigenvalue weighted by molar-refractivity contribution is -0.137. The third-order valence-electron chi connectivity index (χ3n) is 6.52. The summed E-state index contributed by atoms with van der Waals surface area (Å²) in [6.07, 6.45) is 8.53. The summed E-state index contributed by atoms with van der Waals surface area (Å²) in [6.45, 7) is 0.645. The number of carboxylic acid groups (broad SMARTS) is 1. The molecule has 0 bridgehead atoms. The predicted octanol–water partition coefficient (Wildman–Crippen LogP) is 4.24. The number of hydrogen-bond acceptors (Lipinski definition) is 4. The number of carboxylic acids is 1. The Labute approximate surface area is 183 Å². The summed E-state index contributed by atoms with van der Waals surface area (Å²) in [7, 11) is 0. The van der Waals surface area contributed by atoms with Crippen LogP contribution in [0.2, 0.25) is 5.02 Å². The second-order valence-electron chi connectivity index (χ2n) is 8.77. The van der Waals surface area contributed by atoms with Crippen molar-refractivity contribution in [3.8, 4) is 0 Å². The SMILES string of the molecule is O=C(O)CCC[C@H]1CC[C@@H]2[C@@H](/C=C/[C@H](O)CCc3cccc(Cl)c3)[C@H](O)C[C@@H]2OC1. The summed E-state index contributed by atoms with van der Waals surface area (Å²) in [5.74, 6) is -0.113. The Bertz CT molecular complexity index is 721. The first-order valence-corrected chi connectivity index (χ1v) is 11.4. The molecule has 3 N–H and O–H groups in total. The third-order valence-corrected chi connectivity index (χ3v) is 6.76. The van der Waals surface area contributed by atoms with Crippen molar-refractivity contribution >= 4 is 17.6 Å². The van der Waals surface area contributed by atoms with Crippen molar-refractivity contribution in [2.75, 3.05) is 6.61 Å². The van der Waals surface area contributed by atoms with Crippen molar-refractivity contribution in [3.63, 3.8) is 0 Å². The standard InChI is InChI=1S/C24H33ClO5/c25-18-5-1-3-16(13-18)7-9-19(26)10-12-20-21-11-8-17(4-2-6-24(28)29)15-30-23(21)14-22(20)27/h1,3,5,10,12-13,17,19-23,26-27H,2,4,6-9,11,14-15H2,(H,28,29)/b12-10+/t17-,19+,20+,21+,22+,23-/m0/s1. The van der Waals surface area contributed by atoms with Gasteiger partial charge in [0.1, 0.15) is 0 Å². The fourth-order valence-corrected chi connectivity index (χ4v) is 5.06. The zero-order valence-electron chi connectivity index (χ0n) is 17.3. The number of aryl methyl sites for hydroxylation is 1. The van der Waals surface area contributed by atoms with Crippen LogP contribution in [-0.4, -0.2) is 46.2 Å². The molecule has 1 heterocycles. The van der Waals surface area contributed by atoms with Gasteiger partial charge in [0.05, 0.1) is 18.3 Å². The molecule has 1 aromatic rings. The Morgan fingerprint density at radius 3 is 2.93 bits per heavy atom. The molecule has 0 unspecified atom stereocenters. The number of aliphatic hydroxyl groups is 2. The highest BCUT2D eigenvalue weighted by Gasteiger charge is 2.43. The largest absolute Gasteiger partial charge is 0.481 e. The van der Waals surface area contributed by atoms with E-state index in [1.54, 1.807) is 0 Å². The van der Waals surface area contributed by atoms with Gasteiger partial charge in [-0.3, -0.25) is 4.79 Å². The van der Waals surface area contributed by atoms with Gasteiger partial charge in [0, 0.05) is 30.4 Å². The van der Waals surface area contributed by atoms with Crippen LogP contribution in [0.3, 0.4) is 0 Å². The van der Waals surface area contributed by atoms with Crippen LogP contribution in [0, 0.1) is 17.8 Å². The molecule has 6 atom stereocenters. The minimum Gasteiger partial charge on any atom is -0.481 e. The Morgan fingerprint density at radius 1 is 1.33 bits per heavy atom. The number of rotatable bonds is 9. The lowest BCUT2D eigenvalue weighted by Gasteiger charge is -2.21. The fraction of sp³-hybridized carbons (Fsp3) is 0.625. The van der Waals surface area contributed by atoms with Gasteiger partial charge in [0.15, 0.2) is 0 Å². The summed E-state index contributed by atoms with van der Waals surface area (Å²) in [5.41, 5.74) is 1.10. The molecule has 1 saturated carbocycles. The van der Waals surface area contributed by atoms with E-state index in [4.69, 9.17) is 21.4 Å². The molecule has 1 aliphatic carbocycles. The highest BCUT2D eigenvalue weighted by atomic mass is 35.5. The maximum Gasteiger partial charge on any atom is 0.303 e. The van der Waals surface area contributed by atoms with Crippen LogP contribution >= 0.6 is 11.6 Å². The molecular formula is C24H33ClO5. The van der Waals surface area contributed by atoms with Gasteiger partial charge in [-0.25, -0.2) is 0 Å². The molecule has 1 aliphatic heterocycles. The normalized spacial score (nSPS) is 30.2. The Kier molecular flexibility index (Phi) is 8.75. The van der Waals surface area contributed by atoms with E-state index in [1.165, 1.54) is 0 Å². The van der Waals surface area contributed by atoms with Crippen LogP contribution in [0.25, 0.3) is 0 Å². The van der Waals surface area contributed by atoms with Crippen LogP contribution in [0.15, 0.2) is 36.4 Å². The summed E-state index contributed by atoms with van der Waals surface area (Å²) in [6, 6.07) is 7.67. The van der Waals surface area contributed by atoms with Gasteiger partial charge in [-0.2, -0.15) is 0 Å². The van der Waals surface area contributed by atoms with Gasteiger partial charge in [-0.05, 0) is 68.1 Å². The van der Waals surface area contributed by atoms with Gasteiger partial charge in [-0.1, -0.05) is 35.9 Å². The van der Waals surface area contributed by atoms with Crippen LogP contribution in [0.4, 0.5) is 0 Å². The number of benzene rings is 1. The molecule has 166 valence electrons. The van der Waals surface area contributed by atoms with Crippen molar-refractivity contribution < 1.29 is 24.9 Å². The Morgan fingerprint density at radius 2 is 2.17 bits per heavy atom. The van der Waals surface area contributed by atoms with E-state index in [2.05, 4.69) is 0 Å². The van der Waals surface area contributed by atoms with E-state index in [9.17, 15) is 15.0 Å². The average molecular weight is 437 g/mol. The van der Waals surface area contributed by atoms with E-state index in [0.29, 0.717) is 36.8 Å². The number of hydrogen-bond donors (Lipinski definition) is 3. The lowest BCUT2D eigenvalue weighted by Crippen LogP contribution is -2.21. The predicted molar refractivity (Wildman–Crippen MR) is 116 cm³/mol. The van der Waals surface area contributed by atoms with Crippen molar-refractivity contribution in [2.45, 2.75) is 69.7 Å². The number of aliphatic hydroxyl groups excluding tert-OH is 2. The van der Waals surface area contributed by atoms with Gasteiger partial charge >= 0.3 is 5.97 Å². The first-order valence-electron chi connectivity index (χ1n) is 11.0. The molecule has 3 rings (SSSR count). The van der Waals surface area contributed by atoms with Crippen molar-refractivity contribution in [3.05, 3.63) is 47.0 Å². The highest BCUT2D eigenvalue weighted by molar-refractivity contribution is 6.30. The number of carbonyl (C=O) groups is 1. The number of fused-ring (bicyclic) bond motifs is 1. The number of ether oxygens (including phenoxy) is 1. The highest BCUT2D eigenvalue weighted by Crippen LogP contribution is 2.42. The zero-order chi connectivity index (χ0) is 21.5. The van der Waals surface area contributed by atoms with Crippen LogP contribution < -0.4 is 0 Å². The first-order chi connectivity index (χ1) is 14.4. The molecule has 0 spiro atoms. The minimum absolute atomic E-state index is 0.00594. The van der Waals surface area contributed by atoms with E-state index in [1.807, 2.05) is 36.4 Å². The maximum absolute atomic E-state index is 10.7. The fourth-order valence-electron chi connectivity index (χ4n) is 4.84. The van der Waals surface area contributed by atoms with E-state index < -0.39 is 18.2 Å². The van der Waals surface area contributed by atoms with Gasteiger partial charge < -0.3 is 20.1 Å². The Balaban J connectivity index is 1.49. The van der Waals surface area contributed by atoms with Crippen molar-refractivity contribution in [1.29, 1.82) is 0 Å². The van der Waals surface area contributed by atoms with Crippen LogP contribution in [-0.2, 0) is 16.0 Å². The molecule has 0 aromatic heterocycles. The molecule has 2 aliphatic rings. The second-order valence-corrected chi connectivity index (χ2v) is 9.20. The summed E-state index contributed by atoms with van der Waals surface area (Å²) >= 11 is 6.01. The smallest absolute Gasteiger partial charge is 0.303 e. The molecule has 2 fully saturated rings. The molecule has 0 amide bonds. The molecule has 30 heavy (non-hydrogen) atoms. The van der Waals surface area contributed by atoms with Crippen molar-refractivity contribution in [1.82, 2.24) is 0 Å². The van der Waals surface area contributed by atoms with E-state index in [0.717, 1.165) is 31.2 Å². The van der Waals surface area contributed by atoms with Crippen LogP contribution in [0.1, 0.15) is 50.5 Å². The van der Waals surface area contributed by atoms with Gasteiger partial charge in [0.25, 0.3) is 0 Å². The summed E-state index contributed by atoms with van der Waals surface area (Å²) in [4.78, 5) is 10.7. The monoisotopic (exact) mass is 436 g/mol. The molecule has 0 radical (unpaired) electrons. The summed E-state index contributed by atoms with van der Waals surface area (Å²) < 4.78 is 6.10. The molecule has 6 heteroatoms. The van der Waals surface area contributed by atoms with Crippen LogP contribution in [0.5, 0.6) is 0 Å². The lowest BCUT2D eigenvalue weighted by atomic mass is 9.86. The maximum atomic E-state index is 10.7. The zero-order valence-corrected chi connectivity index (χ0v) is 18.1. The molecule has 5 nitrogen and oxygen atoms in total. The quantitative estimate of drug-likeness (QED) is 0.504. The summed E-state index contributed by atoms with van der Waals surface area (Å²) in [5, 5.41) is 30.4. The van der Waals surface area contributed by atoms with Gasteiger partial charge in [-0.15, -0.1) is 0 Å². The van der Waals surface area contributed by atoms with Gasteiger partial charge in [0.2, 0.25) is 0 Å². The number of halogens is 1. The Hall–Kier alpha value is -1.40. The molecule has 1 aromatic carbocycles. The van der Waals surface area contributed by atoms with E-state index >= 15 is 0 Å². The molecule has 1 saturated heterocycles. The first kappa shape index (κ1) is 23.3. The topological polar surface area (TPSA) is 87.0 Å².